The molecule has 1 aliphatic carbocycles. The number of nitrogens with one attached hydrogen (secondary N) is 1. The highest BCUT2D eigenvalue weighted by atomic mass is 16.5. The number of amides is 1. The number of H-pyrrole nitrogens is 1. The molecule has 1 fully saturated rings. The summed E-state index contributed by atoms with van der Waals surface area (Å²) in [7, 11) is 1.78. The lowest BCUT2D eigenvalue weighted by molar-refractivity contribution is 0.0776. The topological polar surface area (TPSA) is 88.9 Å². The van der Waals surface area contributed by atoms with E-state index < -0.39 is 0 Å². The van der Waals surface area contributed by atoms with Crippen molar-refractivity contribution in [2.24, 2.45) is 0 Å². The third kappa shape index (κ3) is 3.44. The lowest BCUT2D eigenvalue weighted by atomic mass is 9.96. The van der Waals surface area contributed by atoms with Crippen LogP contribution in [0.2, 0.25) is 0 Å². The zero-order chi connectivity index (χ0) is 17.2. The molecule has 0 saturated carbocycles. The van der Waals surface area contributed by atoms with Gasteiger partial charge in [0.2, 0.25) is 0 Å². The highest BCUT2D eigenvalue weighted by Gasteiger charge is 2.22. The van der Waals surface area contributed by atoms with Crippen molar-refractivity contribution < 1.29 is 9.53 Å². The quantitative estimate of drug-likeness (QED) is 0.884. The van der Waals surface area contributed by atoms with E-state index in [4.69, 9.17) is 4.74 Å². The molecule has 0 radical (unpaired) electrons. The third-order valence-corrected chi connectivity index (χ3v) is 5.05. The molecule has 134 valence electrons. The molecular weight excluding hydrogens is 320 g/mol. The van der Waals surface area contributed by atoms with Crippen LogP contribution in [0.4, 0.5) is 0 Å². The standard InChI is InChI=1S/C17H24N6O2/c1-22(10-15-13-6-2-3-7-14(13)18-19-15)17(24)16-11-23(21-20-16)9-12-5-4-8-25-12/h11-12H,2-10H2,1H3,(H,18,19)/t12-/m1/s1. The average Bonchev–Trinajstić information content (AvgIpc) is 3.36. The van der Waals surface area contributed by atoms with E-state index in [0.29, 0.717) is 18.8 Å². The average molecular weight is 344 g/mol. The number of carbonyl (C=O) groups is 1. The van der Waals surface area contributed by atoms with Crippen molar-refractivity contribution in [2.75, 3.05) is 13.7 Å². The van der Waals surface area contributed by atoms with Crippen molar-refractivity contribution in [2.45, 2.75) is 57.7 Å². The largest absolute Gasteiger partial charge is 0.376 e. The molecular formula is C17H24N6O2. The first-order valence-electron chi connectivity index (χ1n) is 9.03. The molecule has 1 aliphatic heterocycles. The van der Waals surface area contributed by atoms with Gasteiger partial charge in [-0.05, 0) is 44.1 Å². The Morgan fingerprint density at radius 1 is 1.40 bits per heavy atom. The van der Waals surface area contributed by atoms with Gasteiger partial charge in [-0.25, -0.2) is 4.68 Å². The SMILES string of the molecule is CN(Cc1n[nH]c2c1CCCC2)C(=O)c1cn(C[C@H]2CCCO2)nn1. The van der Waals surface area contributed by atoms with Crippen LogP contribution in [0.3, 0.4) is 0 Å². The van der Waals surface area contributed by atoms with Crippen molar-refractivity contribution in [3.8, 4) is 0 Å². The molecule has 2 aliphatic rings. The van der Waals surface area contributed by atoms with Crippen LogP contribution in [0.1, 0.15) is 53.1 Å². The molecule has 2 aromatic heterocycles. The zero-order valence-corrected chi connectivity index (χ0v) is 14.6. The maximum absolute atomic E-state index is 12.6. The van der Waals surface area contributed by atoms with Crippen LogP contribution in [0.15, 0.2) is 6.20 Å². The minimum atomic E-state index is -0.133. The van der Waals surface area contributed by atoms with Crippen LogP contribution in [-0.4, -0.2) is 55.8 Å². The van der Waals surface area contributed by atoms with Gasteiger partial charge < -0.3 is 9.64 Å². The van der Waals surface area contributed by atoms with Gasteiger partial charge in [-0.1, -0.05) is 5.21 Å². The molecule has 3 heterocycles. The molecule has 0 aromatic carbocycles. The van der Waals surface area contributed by atoms with Crippen molar-refractivity contribution in [3.05, 3.63) is 28.8 Å². The summed E-state index contributed by atoms with van der Waals surface area (Å²) >= 11 is 0. The number of carbonyl (C=O) groups excluding carboxylic acids is 1. The predicted molar refractivity (Wildman–Crippen MR) is 90.0 cm³/mol. The highest BCUT2D eigenvalue weighted by molar-refractivity contribution is 5.91. The first-order valence-corrected chi connectivity index (χ1v) is 9.03. The molecule has 1 amide bonds. The van der Waals surface area contributed by atoms with E-state index in [2.05, 4.69) is 20.5 Å². The number of aromatic nitrogens is 5. The zero-order valence-electron chi connectivity index (χ0n) is 14.6. The van der Waals surface area contributed by atoms with Gasteiger partial charge in [0.1, 0.15) is 0 Å². The second-order valence-corrected chi connectivity index (χ2v) is 6.96. The Hall–Kier alpha value is -2.22. The molecule has 2 aromatic rings. The van der Waals surface area contributed by atoms with Crippen molar-refractivity contribution in [1.82, 2.24) is 30.1 Å². The van der Waals surface area contributed by atoms with E-state index in [-0.39, 0.29) is 12.0 Å². The van der Waals surface area contributed by atoms with Crippen molar-refractivity contribution >= 4 is 5.91 Å². The molecule has 1 N–H and O–H groups in total. The van der Waals surface area contributed by atoms with Gasteiger partial charge in [-0.3, -0.25) is 9.89 Å². The molecule has 8 heteroatoms. The van der Waals surface area contributed by atoms with Gasteiger partial charge in [-0.15, -0.1) is 5.10 Å². The molecule has 0 bridgehead atoms. The number of rotatable bonds is 5. The number of aromatic amines is 1. The minimum absolute atomic E-state index is 0.133. The van der Waals surface area contributed by atoms with Gasteiger partial charge in [-0.2, -0.15) is 5.10 Å². The molecule has 4 rings (SSSR count). The summed E-state index contributed by atoms with van der Waals surface area (Å²) in [6.07, 6.45) is 8.50. The van der Waals surface area contributed by atoms with Crippen LogP contribution in [0.5, 0.6) is 0 Å². The van der Waals surface area contributed by atoms with Gasteiger partial charge in [0.25, 0.3) is 5.91 Å². The maximum Gasteiger partial charge on any atom is 0.276 e. The second kappa shape index (κ2) is 6.95. The Morgan fingerprint density at radius 2 is 2.28 bits per heavy atom. The van der Waals surface area contributed by atoms with E-state index in [9.17, 15) is 4.79 Å². The van der Waals surface area contributed by atoms with Gasteiger partial charge in [0, 0.05) is 19.3 Å². The number of nitrogens with zero attached hydrogens (tertiary/aromatic N) is 5. The summed E-state index contributed by atoms with van der Waals surface area (Å²) in [5.41, 5.74) is 3.85. The molecule has 0 unspecified atom stereocenters. The summed E-state index contributed by atoms with van der Waals surface area (Å²) in [6.45, 7) is 1.95. The first-order chi connectivity index (χ1) is 12.2. The lowest BCUT2D eigenvalue weighted by Gasteiger charge is -2.16. The highest BCUT2D eigenvalue weighted by Crippen LogP contribution is 2.23. The molecule has 0 spiro atoms. The lowest BCUT2D eigenvalue weighted by Crippen LogP contribution is -2.27. The van der Waals surface area contributed by atoms with Crippen LogP contribution in [0, 0.1) is 0 Å². The fourth-order valence-corrected chi connectivity index (χ4v) is 3.65. The Labute approximate surface area is 146 Å². The summed E-state index contributed by atoms with van der Waals surface area (Å²) in [5, 5.41) is 15.6. The van der Waals surface area contributed by atoms with E-state index >= 15 is 0 Å². The normalized spacial score (nSPS) is 19.8. The van der Waals surface area contributed by atoms with Crippen LogP contribution in [-0.2, 0) is 30.7 Å². The third-order valence-electron chi connectivity index (χ3n) is 5.05. The van der Waals surface area contributed by atoms with Gasteiger partial charge in [0.15, 0.2) is 5.69 Å². The smallest absolute Gasteiger partial charge is 0.276 e. The molecule has 8 nitrogen and oxygen atoms in total. The molecule has 1 atom stereocenters. The van der Waals surface area contributed by atoms with Gasteiger partial charge in [0.05, 0.1) is 31.1 Å². The Bertz CT molecular complexity index is 746. The number of ether oxygens (including phenoxy) is 1. The Kier molecular flexibility index (Phi) is 4.52. The summed E-state index contributed by atoms with van der Waals surface area (Å²) < 4.78 is 7.30. The monoisotopic (exact) mass is 344 g/mol. The number of aryl methyl sites for hydroxylation is 1. The number of fused-ring (bicyclic) bond motifs is 1. The van der Waals surface area contributed by atoms with Gasteiger partial charge >= 0.3 is 0 Å². The summed E-state index contributed by atoms with van der Waals surface area (Å²) in [6, 6.07) is 0. The fraction of sp³-hybridized carbons (Fsp3) is 0.647. The summed E-state index contributed by atoms with van der Waals surface area (Å²) in [4.78, 5) is 14.3. The van der Waals surface area contributed by atoms with Crippen LogP contribution >= 0.6 is 0 Å². The number of hydrogen-bond acceptors (Lipinski definition) is 5. The minimum Gasteiger partial charge on any atom is -0.376 e. The van der Waals surface area contributed by atoms with E-state index in [0.717, 1.165) is 38.0 Å². The second-order valence-electron chi connectivity index (χ2n) is 6.96. The first kappa shape index (κ1) is 16.3. The van der Waals surface area contributed by atoms with Crippen LogP contribution in [0.25, 0.3) is 0 Å². The van der Waals surface area contributed by atoms with Crippen molar-refractivity contribution in [3.63, 3.8) is 0 Å². The van der Waals surface area contributed by atoms with E-state index in [1.807, 2.05) is 0 Å². The van der Waals surface area contributed by atoms with Crippen molar-refractivity contribution in [1.29, 1.82) is 0 Å². The maximum atomic E-state index is 12.6. The van der Waals surface area contributed by atoms with E-state index in [1.165, 1.54) is 24.1 Å². The van der Waals surface area contributed by atoms with Crippen LogP contribution < -0.4 is 0 Å². The summed E-state index contributed by atoms with van der Waals surface area (Å²) in [5.74, 6) is -0.133. The fourth-order valence-electron chi connectivity index (χ4n) is 3.65. The Morgan fingerprint density at radius 3 is 3.12 bits per heavy atom. The van der Waals surface area contributed by atoms with E-state index in [1.54, 1.807) is 22.8 Å². The predicted octanol–water partition coefficient (Wildman–Crippen LogP) is 1.33. The molecule has 25 heavy (non-hydrogen) atoms. The Balaban J connectivity index is 1.40. The molecule has 1 saturated heterocycles. The number of hydrogen-bond donors (Lipinski definition) is 1.